The van der Waals surface area contributed by atoms with E-state index in [9.17, 15) is 9.59 Å². The minimum atomic E-state index is -0.326. The number of hydrogen-bond donors (Lipinski definition) is 1. The van der Waals surface area contributed by atoms with Gasteiger partial charge in [-0.15, -0.1) is 4.57 Å². The van der Waals surface area contributed by atoms with Gasteiger partial charge in [0.15, 0.2) is 12.3 Å². The minimum absolute atomic E-state index is 0.0566. The van der Waals surface area contributed by atoms with Crippen LogP contribution in [0.25, 0.3) is 5.65 Å². The third kappa shape index (κ3) is 5.23. The smallest absolute Gasteiger partial charge is 0.287 e. The van der Waals surface area contributed by atoms with Crippen molar-refractivity contribution in [2.24, 2.45) is 0 Å². The van der Waals surface area contributed by atoms with Crippen molar-refractivity contribution in [1.82, 2.24) is 9.56 Å². The van der Waals surface area contributed by atoms with Crippen molar-refractivity contribution in [2.45, 2.75) is 34.3 Å². The summed E-state index contributed by atoms with van der Waals surface area (Å²) in [6, 6.07) is 14.2. The Kier molecular flexibility index (Phi) is 6.17. The van der Waals surface area contributed by atoms with Crippen molar-refractivity contribution in [3.8, 4) is 11.5 Å². The van der Waals surface area contributed by atoms with Crippen LogP contribution in [0.2, 0.25) is 0 Å². The molecule has 1 N–H and O–H groups in total. The molecule has 0 bridgehead atoms. The number of rotatable bonds is 7. The zero-order valence-electron chi connectivity index (χ0n) is 19.0. The highest BCUT2D eigenvalue weighted by Crippen LogP contribution is 2.26. The molecule has 0 saturated heterocycles. The first-order chi connectivity index (χ1) is 15.8. The first-order valence-corrected chi connectivity index (χ1v) is 10.5. The number of nitrogens with zero attached hydrogens (tertiary/aromatic N) is 2. The highest BCUT2D eigenvalue weighted by atomic mass is 16.5. The van der Waals surface area contributed by atoms with E-state index in [0.29, 0.717) is 34.3 Å². The van der Waals surface area contributed by atoms with Crippen molar-refractivity contribution in [3.63, 3.8) is 0 Å². The number of hydrogen-bond acceptors (Lipinski definition) is 6. The van der Waals surface area contributed by atoms with Gasteiger partial charge in [0.25, 0.3) is 11.5 Å². The molecule has 0 atom stereocenters. The summed E-state index contributed by atoms with van der Waals surface area (Å²) < 4.78 is 17.9. The van der Waals surface area contributed by atoms with Gasteiger partial charge in [0.1, 0.15) is 23.9 Å². The quantitative estimate of drug-likeness (QED) is 0.458. The summed E-state index contributed by atoms with van der Waals surface area (Å²) in [5, 5.41) is 2.84. The summed E-state index contributed by atoms with van der Waals surface area (Å²) in [6.07, 6.45) is 0. The van der Waals surface area contributed by atoms with Crippen molar-refractivity contribution in [1.29, 1.82) is 0 Å². The number of amides is 1. The summed E-state index contributed by atoms with van der Waals surface area (Å²) in [4.78, 5) is 29.1. The molecule has 8 heteroatoms. The summed E-state index contributed by atoms with van der Waals surface area (Å²) in [5.41, 5.74) is 4.27. The van der Waals surface area contributed by atoms with Gasteiger partial charge < -0.3 is 19.3 Å². The standard InChI is InChI=1S/C25H25N3O5/c1-15-5-8-22(32-13-19-12-25(30)28-23(26-19)11-18(4)33-28)21(9-15)27-24(29)14-31-20-7-6-16(2)17(3)10-20/h5-12H,13-14H2,1-4H3,(H,27,29). The molecule has 2 aromatic carbocycles. The first-order valence-electron chi connectivity index (χ1n) is 10.5. The molecular formula is C25H25N3O5. The number of aryl methyl sites for hydroxylation is 4. The van der Waals surface area contributed by atoms with E-state index in [-0.39, 0.29) is 24.7 Å². The monoisotopic (exact) mass is 447 g/mol. The average Bonchev–Trinajstić information content (AvgIpc) is 3.15. The molecule has 0 aliphatic rings. The zero-order valence-corrected chi connectivity index (χ0v) is 19.0. The van der Waals surface area contributed by atoms with Crippen LogP contribution in [0.15, 0.2) is 57.8 Å². The molecule has 0 aliphatic heterocycles. The summed E-state index contributed by atoms with van der Waals surface area (Å²) in [5.74, 6) is 1.38. The number of aromatic nitrogens is 2. The third-order valence-electron chi connectivity index (χ3n) is 5.16. The number of anilines is 1. The first kappa shape index (κ1) is 22.1. The molecule has 2 heterocycles. The van der Waals surface area contributed by atoms with E-state index in [2.05, 4.69) is 10.3 Å². The zero-order chi connectivity index (χ0) is 23.5. The number of carbonyl (C=O) groups is 1. The van der Waals surface area contributed by atoms with Crippen molar-refractivity contribution in [2.75, 3.05) is 11.9 Å². The van der Waals surface area contributed by atoms with E-state index in [1.165, 1.54) is 6.07 Å². The van der Waals surface area contributed by atoms with E-state index >= 15 is 0 Å². The number of carbonyl (C=O) groups excluding carboxylic acids is 1. The Morgan fingerprint density at radius 3 is 2.61 bits per heavy atom. The average molecular weight is 447 g/mol. The number of nitrogens with one attached hydrogen (secondary N) is 1. The Bertz CT molecular complexity index is 1390. The Balaban J connectivity index is 1.44. The lowest BCUT2D eigenvalue weighted by Gasteiger charge is -2.14. The van der Waals surface area contributed by atoms with Crippen LogP contribution in [0, 0.1) is 27.7 Å². The van der Waals surface area contributed by atoms with Crippen LogP contribution in [0.1, 0.15) is 28.1 Å². The molecule has 2 aromatic heterocycles. The molecule has 0 radical (unpaired) electrons. The van der Waals surface area contributed by atoms with Crippen LogP contribution < -0.4 is 20.3 Å². The van der Waals surface area contributed by atoms with Gasteiger partial charge in [-0.05, 0) is 68.7 Å². The molecule has 170 valence electrons. The minimum Gasteiger partial charge on any atom is -0.485 e. The normalized spacial score (nSPS) is 10.9. The lowest BCUT2D eigenvalue weighted by molar-refractivity contribution is -0.118. The van der Waals surface area contributed by atoms with Gasteiger partial charge in [-0.2, -0.15) is 0 Å². The van der Waals surface area contributed by atoms with E-state index < -0.39 is 0 Å². The van der Waals surface area contributed by atoms with Crippen LogP contribution >= 0.6 is 0 Å². The van der Waals surface area contributed by atoms with Crippen molar-refractivity contribution in [3.05, 3.63) is 87.0 Å². The largest absolute Gasteiger partial charge is 0.485 e. The van der Waals surface area contributed by atoms with Crippen LogP contribution in [-0.4, -0.2) is 22.1 Å². The fourth-order valence-electron chi connectivity index (χ4n) is 3.31. The van der Waals surface area contributed by atoms with E-state index in [1.807, 2.05) is 51.1 Å². The molecule has 0 spiro atoms. The van der Waals surface area contributed by atoms with Crippen LogP contribution in [-0.2, 0) is 11.4 Å². The second kappa shape index (κ2) is 9.20. The number of benzene rings is 2. The van der Waals surface area contributed by atoms with E-state index in [1.54, 1.807) is 19.1 Å². The number of ether oxygens (including phenoxy) is 2. The molecule has 4 aromatic rings. The molecule has 0 aliphatic carbocycles. The molecule has 0 saturated carbocycles. The van der Waals surface area contributed by atoms with Gasteiger partial charge >= 0.3 is 0 Å². The van der Waals surface area contributed by atoms with Gasteiger partial charge in [-0.3, -0.25) is 9.59 Å². The van der Waals surface area contributed by atoms with Crippen molar-refractivity contribution >= 4 is 17.2 Å². The summed E-state index contributed by atoms with van der Waals surface area (Å²) >= 11 is 0. The maximum atomic E-state index is 12.5. The summed E-state index contributed by atoms with van der Waals surface area (Å²) in [6.45, 7) is 7.60. The molecule has 4 rings (SSSR count). The van der Waals surface area contributed by atoms with Gasteiger partial charge in [0, 0.05) is 12.1 Å². The predicted molar refractivity (Wildman–Crippen MR) is 124 cm³/mol. The molecule has 1 amide bonds. The Labute approximate surface area is 190 Å². The van der Waals surface area contributed by atoms with Gasteiger partial charge in [0.2, 0.25) is 0 Å². The highest BCUT2D eigenvalue weighted by molar-refractivity contribution is 5.93. The molecule has 8 nitrogen and oxygen atoms in total. The second-order valence-electron chi connectivity index (χ2n) is 7.96. The Morgan fingerprint density at radius 1 is 1.00 bits per heavy atom. The molecular weight excluding hydrogens is 422 g/mol. The predicted octanol–water partition coefficient (Wildman–Crippen LogP) is 4.12. The summed E-state index contributed by atoms with van der Waals surface area (Å²) in [7, 11) is 0. The van der Waals surface area contributed by atoms with Gasteiger partial charge in [-0.25, -0.2) is 4.98 Å². The van der Waals surface area contributed by atoms with Crippen molar-refractivity contribution < 1.29 is 18.8 Å². The lowest BCUT2D eigenvalue weighted by Crippen LogP contribution is -2.21. The van der Waals surface area contributed by atoms with Crippen LogP contribution in [0.4, 0.5) is 5.69 Å². The topological polar surface area (TPSA) is 95.1 Å². The van der Waals surface area contributed by atoms with Crippen LogP contribution in [0.5, 0.6) is 11.5 Å². The Morgan fingerprint density at radius 2 is 1.82 bits per heavy atom. The number of fused-ring (bicyclic) bond motifs is 1. The second-order valence-corrected chi connectivity index (χ2v) is 7.96. The fraction of sp³-hybridized carbons (Fsp3) is 0.240. The molecule has 33 heavy (non-hydrogen) atoms. The van der Waals surface area contributed by atoms with Crippen LogP contribution in [0.3, 0.4) is 0 Å². The van der Waals surface area contributed by atoms with Gasteiger partial charge in [0.05, 0.1) is 11.4 Å². The highest BCUT2D eigenvalue weighted by Gasteiger charge is 2.12. The van der Waals surface area contributed by atoms with Gasteiger partial charge in [-0.1, -0.05) is 12.1 Å². The molecule has 0 unspecified atom stereocenters. The fourth-order valence-corrected chi connectivity index (χ4v) is 3.31. The maximum Gasteiger partial charge on any atom is 0.287 e. The maximum absolute atomic E-state index is 12.5. The Hall–Kier alpha value is -4.07. The van der Waals surface area contributed by atoms with E-state index in [0.717, 1.165) is 21.3 Å². The van der Waals surface area contributed by atoms with E-state index in [4.69, 9.17) is 14.0 Å². The SMILES string of the molecule is Cc1ccc(OCc2cc(=O)n3oc(C)cc3n2)c(NC(=O)COc2ccc(C)c(C)c2)c1. The lowest BCUT2D eigenvalue weighted by atomic mass is 10.1. The third-order valence-corrected chi connectivity index (χ3v) is 5.16. The molecule has 0 fully saturated rings.